The molecule has 0 aliphatic rings. The van der Waals surface area contributed by atoms with Gasteiger partial charge in [-0.2, -0.15) is 0 Å². The Kier molecular flexibility index (Phi) is 11.1. The summed E-state index contributed by atoms with van der Waals surface area (Å²) in [6, 6.07) is 9.29. The van der Waals surface area contributed by atoms with Gasteiger partial charge in [-0.15, -0.1) is 0 Å². The van der Waals surface area contributed by atoms with E-state index in [2.05, 4.69) is 95.6 Å². The third-order valence-electron chi connectivity index (χ3n) is 6.90. The zero-order valence-corrected chi connectivity index (χ0v) is 31.8. The third kappa shape index (κ3) is 7.43. The molecule has 0 saturated carbocycles. The van der Waals surface area contributed by atoms with E-state index in [4.69, 9.17) is 0 Å². The van der Waals surface area contributed by atoms with Crippen LogP contribution in [-0.4, -0.2) is 48.5 Å². The molecule has 9 nitrogen and oxygen atoms in total. The van der Waals surface area contributed by atoms with Crippen molar-refractivity contribution in [1.29, 1.82) is 0 Å². The van der Waals surface area contributed by atoms with E-state index in [0.29, 0.717) is 13.4 Å². The fourth-order valence-electron chi connectivity index (χ4n) is 5.03. The molecule has 0 aliphatic heterocycles. The van der Waals surface area contributed by atoms with Gasteiger partial charge in [0, 0.05) is 49.4 Å². The minimum atomic E-state index is -1.80. The summed E-state index contributed by atoms with van der Waals surface area (Å²) in [6.07, 6.45) is -0.961. The van der Waals surface area contributed by atoms with Crippen molar-refractivity contribution in [3.63, 3.8) is 0 Å². The molecule has 0 unspecified atom stereocenters. The van der Waals surface area contributed by atoms with Crippen molar-refractivity contribution >= 4 is 113 Å². The first-order valence-electron chi connectivity index (χ1n) is 12.4. The maximum Gasteiger partial charge on any atom is 0.337 e. The van der Waals surface area contributed by atoms with Crippen molar-refractivity contribution in [2.45, 2.75) is 19.3 Å². The van der Waals surface area contributed by atoms with Gasteiger partial charge >= 0.3 is 17.9 Å². The van der Waals surface area contributed by atoms with Gasteiger partial charge in [0.2, 0.25) is 0 Å². The Hall–Kier alpha value is -2.43. The fraction of sp³-hybridized carbons (Fsp3) is 0.100. The van der Waals surface area contributed by atoms with Gasteiger partial charge in [0.05, 0.1) is 30.1 Å². The van der Waals surface area contributed by atoms with Crippen molar-refractivity contribution in [2.24, 2.45) is 0 Å². The van der Waals surface area contributed by atoms with Crippen molar-refractivity contribution in [3.05, 3.63) is 113 Å². The molecule has 0 fully saturated rings. The van der Waals surface area contributed by atoms with Crippen LogP contribution in [0.1, 0.15) is 64.5 Å². The maximum absolute atomic E-state index is 12.9. The summed E-state index contributed by atoms with van der Waals surface area (Å²) in [5, 5.41) is 64.0. The quantitative estimate of drug-likeness (QED) is 0.0956. The van der Waals surface area contributed by atoms with Crippen LogP contribution in [-0.2, 0) is 19.3 Å². The zero-order chi connectivity index (χ0) is 33.5. The highest BCUT2D eigenvalue weighted by Gasteiger charge is 2.35. The minimum Gasteiger partial charge on any atom is -0.506 e. The number of halogens is 6. The first-order valence-corrected chi connectivity index (χ1v) is 17.2. The van der Waals surface area contributed by atoms with Crippen LogP contribution in [0.3, 0.4) is 0 Å². The van der Waals surface area contributed by atoms with Gasteiger partial charge < -0.3 is 30.6 Å². The molecule has 0 bridgehead atoms. The monoisotopic (exact) mass is 996 g/mol. The summed E-state index contributed by atoms with van der Waals surface area (Å²) in [7, 11) is 0. The summed E-state index contributed by atoms with van der Waals surface area (Å²) < 4.78 is 2.38. The number of hydrogen-bond donors (Lipinski definition) is 6. The van der Waals surface area contributed by atoms with Gasteiger partial charge in [-0.1, -0.05) is 47.8 Å². The van der Waals surface area contributed by atoms with E-state index >= 15 is 0 Å². The lowest BCUT2D eigenvalue weighted by molar-refractivity contribution is 0.0631. The van der Waals surface area contributed by atoms with Gasteiger partial charge in [-0.05, 0) is 101 Å². The van der Waals surface area contributed by atoms with Crippen LogP contribution < -0.4 is 0 Å². The third-order valence-corrected chi connectivity index (χ3v) is 10.1. The standard InChI is InChI=1S/C30H18Br6O9/c31-13-1-10(25(37)19(34)7-13)4-16-17(5-11-2-14(32)8-20(35)26(11)38)22(28(40)41)24(30(44)45)23(29(42)43)18(16)6-12-3-15(33)9-21(36)27(12)39/h1-3,7-9,37-39H,4-6H2,(H,40,41)(H,42,43)(H,44,45). The highest BCUT2D eigenvalue weighted by Crippen LogP contribution is 2.42. The van der Waals surface area contributed by atoms with E-state index in [-0.39, 0.29) is 83.3 Å². The molecule has 4 rings (SSSR count). The average molecular weight is 1000 g/mol. The molecule has 234 valence electrons. The van der Waals surface area contributed by atoms with E-state index in [1.165, 1.54) is 12.1 Å². The number of carboxylic acid groups (broad SMARTS) is 3. The second-order valence-electron chi connectivity index (χ2n) is 9.69. The Morgan fingerprint density at radius 3 is 0.978 bits per heavy atom. The molecular weight excluding hydrogens is 984 g/mol. The van der Waals surface area contributed by atoms with Crippen LogP contribution in [0.4, 0.5) is 0 Å². The van der Waals surface area contributed by atoms with Crippen LogP contribution >= 0.6 is 95.6 Å². The molecule has 0 atom stereocenters. The molecular formula is C30H18Br6O9. The van der Waals surface area contributed by atoms with E-state index in [1.807, 2.05) is 0 Å². The van der Waals surface area contributed by atoms with Gasteiger partial charge in [0.15, 0.2) is 0 Å². The van der Waals surface area contributed by atoms with Crippen molar-refractivity contribution in [1.82, 2.24) is 0 Å². The van der Waals surface area contributed by atoms with E-state index in [0.717, 1.165) is 0 Å². The lowest BCUT2D eigenvalue weighted by Gasteiger charge is -2.24. The number of rotatable bonds is 9. The number of carbonyl (C=O) groups is 3. The van der Waals surface area contributed by atoms with Crippen molar-refractivity contribution < 1.29 is 45.0 Å². The summed E-state index contributed by atoms with van der Waals surface area (Å²) in [5.74, 6) is -5.93. The van der Waals surface area contributed by atoms with Crippen molar-refractivity contribution in [3.8, 4) is 17.2 Å². The van der Waals surface area contributed by atoms with E-state index in [1.54, 1.807) is 24.3 Å². The average Bonchev–Trinajstić information content (AvgIpc) is 2.92. The normalized spacial score (nSPS) is 11.1. The van der Waals surface area contributed by atoms with Crippen molar-refractivity contribution in [2.75, 3.05) is 0 Å². The zero-order valence-electron chi connectivity index (χ0n) is 22.3. The molecule has 0 heterocycles. The molecule has 0 amide bonds. The molecule has 0 spiro atoms. The van der Waals surface area contributed by atoms with E-state index < -0.39 is 34.6 Å². The van der Waals surface area contributed by atoms with Crippen LogP contribution in [0.5, 0.6) is 17.2 Å². The van der Waals surface area contributed by atoms with Gasteiger partial charge in [-0.25, -0.2) is 14.4 Å². The second-order valence-corrected chi connectivity index (χ2v) is 15.0. The summed E-state index contributed by atoms with van der Waals surface area (Å²) in [4.78, 5) is 38.5. The fourth-order valence-corrected chi connectivity index (χ4v) is 8.97. The predicted octanol–water partition coefficient (Wildman–Crippen LogP) is 9.25. The summed E-state index contributed by atoms with van der Waals surface area (Å²) in [6.45, 7) is 0. The molecule has 0 radical (unpaired) electrons. The Bertz CT molecular complexity index is 1830. The number of benzene rings is 4. The topological polar surface area (TPSA) is 173 Å². The summed E-state index contributed by atoms with van der Waals surface area (Å²) >= 11 is 19.8. The molecule has 15 heteroatoms. The smallest absolute Gasteiger partial charge is 0.337 e. The Balaban J connectivity index is 2.24. The molecule has 4 aromatic carbocycles. The Labute approximate surface area is 305 Å². The predicted molar refractivity (Wildman–Crippen MR) is 186 cm³/mol. The largest absolute Gasteiger partial charge is 0.506 e. The van der Waals surface area contributed by atoms with Crippen LogP contribution in [0.25, 0.3) is 0 Å². The van der Waals surface area contributed by atoms with Gasteiger partial charge in [-0.3, -0.25) is 0 Å². The van der Waals surface area contributed by atoms with Gasteiger partial charge in [0.1, 0.15) is 17.2 Å². The molecule has 0 saturated heterocycles. The van der Waals surface area contributed by atoms with Gasteiger partial charge in [0.25, 0.3) is 0 Å². The lowest BCUT2D eigenvalue weighted by Crippen LogP contribution is -2.23. The number of aromatic hydroxyl groups is 3. The highest BCUT2D eigenvalue weighted by atomic mass is 79.9. The number of carboxylic acids is 3. The first-order chi connectivity index (χ1) is 21.0. The molecule has 4 aromatic rings. The minimum absolute atomic E-state index is 0.0705. The number of hydrogen-bond acceptors (Lipinski definition) is 6. The highest BCUT2D eigenvalue weighted by molar-refractivity contribution is 9.11. The second kappa shape index (κ2) is 14.1. The van der Waals surface area contributed by atoms with Crippen LogP contribution in [0.15, 0.2) is 63.2 Å². The maximum atomic E-state index is 12.9. The molecule has 0 aliphatic carbocycles. The van der Waals surface area contributed by atoms with E-state index in [9.17, 15) is 45.0 Å². The Morgan fingerprint density at radius 1 is 0.444 bits per heavy atom. The van der Waals surface area contributed by atoms with Crippen LogP contribution in [0, 0.1) is 0 Å². The summed E-state index contributed by atoms with van der Waals surface area (Å²) in [5.41, 5.74) is -2.06. The first kappa shape index (κ1) is 35.4. The lowest BCUT2D eigenvalue weighted by atomic mass is 9.79. The molecule has 6 N–H and O–H groups in total. The number of phenols is 3. The molecule has 0 aromatic heterocycles. The van der Waals surface area contributed by atoms with Crippen LogP contribution in [0.2, 0.25) is 0 Å². The SMILES string of the molecule is O=C(O)c1c(Cc2cc(Br)cc(Br)c2O)c(Cc2cc(Br)cc(Br)c2O)c(Cc2cc(Br)cc(Br)c2O)c(C(=O)O)c1C(=O)O. The number of aromatic carboxylic acids is 3. The Morgan fingerprint density at radius 2 is 0.711 bits per heavy atom. The number of phenolic OH excluding ortho intramolecular Hbond substituents is 3. The molecule has 45 heavy (non-hydrogen) atoms.